The van der Waals surface area contributed by atoms with E-state index in [1.807, 2.05) is 6.92 Å². The van der Waals surface area contributed by atoms with E-state index >= 15 is 0 Å². The van der Waals surface area contributed by atoms with Gasteiger partial charge in [-0.1, -0.05) is 18.5 Å². The quantitative estimate of drug-likeness (QED) is 0.849. The maximum atomic E-state index is 13.2. The van der Waals surface area contributed by atoms with Gasteiger partial charge in [0.2, 0.25) is 0 Å². The summed E-state index contributed by atoms with van der Waals surface area (Å²) in [7, 11) is 0. The monoisotopic (exact) mass is 297 g/mol. The van der Waals surface area contributed by atoms with Crippen molar-refractivity contribution < 1.29 is 8.78 Å². The van der Waals surface area contributed by atoms with E-state index in [1.54, 1.807) is 6.92 Å². The second-order valence-electron chi connectivity index (χ2n) is 4.44. The van der Waals surface area contributed by atoms with Crippen LogP contribution < -0.4 is 5.32 Å². The van der Waals surface area contributed by atoms with Crippen LogP contribution in [0.3, 0.4) is 0 Å². The van der Waals surface area contributed by atoms with E-state index in [4.69, 9.17) is 11.6 Å². The predicted octanol–water partition coefficient (Wildman–Crippen LogP) is 4.41. The zero-order valence-corrected chi connectivity index (χ0v) is 11.9. The van der Waals surface area contributed by atoms with Gasteiger partial charge in [-0.15, -0.1) is 0 Å². The Morgan fingerprint density at radius 1 is 1.15 bits per heavy atom. The van der Waals surface area contributed by atoms with Crippen molar-refractivity contribution in [3.05, 3.63) is 46.4 Å². The predicted molar refractivity (Wildman–Crippen MR) is 75.4 cm³/mol. The molecule has 1 aromatic heterocycles. The molecule has 0 spiro atoms. The highest BCUT2D eigenvalue weighted by molar-refractivity contribution is 6.30. The van der Waals surface area contributed by atoms with Gasteiger partial charge in [0.1, 0.15) is 28.4 Å². The Bertz CT molecular complexity index is 612. The highest BCUT2D eigenvalue weighted by atomic mass is 35.5. The molecule has 0 bridgehead atoms. The first-order valence-corrected chi connectivity index (χ1v) is 6.63. The van der Waals surface area contributed by atoms with Gasteiger partial charge in [0.15, 0.2) is 0 Å². The Hall–Kier alpha value is -1.75. The molecule has 6 heteroatoms. The zero-order valence-electron chi connectivity index (χ0n) is 11.2. The molecule has 1 heterocycles. The molecule has 20 heavy (non-hydrogen) atoms. The smallest absolute Gasteiger partial charge is 0.138 e. The highest BCUT2D eigenvalue weighted by Gasteiger charge is 2.10. The lowest BCUT2D eigenvalue weighted by Crippen LogP contribution is -2.04. The largest absolute Gasteiger partial charge is 0.340 e. The highest BCUT2D eigenvalue weighted by Crippen LogP contribution is 2.24. The molecule has 1 aromatic carbocycles. The number of halogens is 3. The van der Waals surface area contributed by atoms with Crippen LogP contribution in [0.4, 0.5) is 20.3 Å². The van der Waals surface area contributed by atoms with Crippen LogP contribution in [0.25, 0.3) is 0 Å². The van der Waals surface area contributed by atoms with E-state index in [2.05, 4.69) is 15.3 Å². The van der Waals surface area contributed by atoms with Crippen molar-refractivity contribution in [3.63, 3.8) is 0 Å². The number of nitrogens with one attached hydrogen (secondary N) is 1. The third-order valence-corrected chi connectivity index (χ3v) is 3.10. The van der Waals surface area contributed by atoms with Crippen LogP contribution in [0, 0.1) is 18.6 Å². The van der Waals surface area contributed by atoms with Gasteiger partial charge >= 0.3 is 0 Å². The summed E-state index contributed by atoms with van der Waals surface area (Å²) in [6, 6.07) is 3.20. The van der Waals surface area contributed by atoms with Crippen LogP contribution in [0.5, 0.6) is 0 Å². The van der Waals surface area contributed by atoms with Crippen LogP contribution in [-0.4, -0.2) is 9.97 Å². The summed E-state index contributed by atoms with van der Waals surface area (Å²) in [4.78, 5) is 8.49. The van der Waals surface area contributed by atoms with Gasteiger partial charge in [-0.2, -0.15) is 0 Å². The number of rotatable bonds is 4. The van der Waals surface area contributed by atoms with Crippen LogP contribution in [0.2, 0.25) is 5.15 Å². The first kappa shape index (κ1) is 14.7. The minimum absolute atomic E-state index is 0.280. The Labute approximate surface area is 121 Å². The van der Waals surface area contributed by atoms with Gasteiger partial charge in [0.25, 0.3) is 0 Å². The van der Waals surface area contributed by atoms with Gasteiger partial charge in [-0.3, -0.25) is 0 Å². The standard InChI is InChI=1S/C14H14ClF2N3/c1-3-4-12-19-13(15)8(2)14(20-12)18-11-6-9(16)5-10(17)7-11/h5-7H,3-4H2,1-2H3,(H,18,19,20). The summed E-state index contributed by atoms with van der Waals surface area (Å²) in [5, 5.41) is 3.21. The molecule has 0 aliphatic rings. The molecular weight excluding hydrogens is 284 g/mol. The molecule has 0 aliphatic heterocycles. The fourth-order valence-electron chi connectivity index (χ4n) is 1.75. The van der Waals surface area contributed by atoms with Gasteiger partial charge in [-0.05, 0) is 25.5 Å². The molecule has 0 radical (unpaired) electrons. The normalized spacial score (nSPS) is 10.7. The lowest BCUT2D eigenvalue weighted by molar-refractivity contribution is 0.584. The lowest BCUT2D eigenvalue weighted by Gasteiger charge is -2.11. The molecule has 0 aliphatic carbocycles. The number of benzene rings is 1. The van der Waals surface area contributed by atoms with E-state index in [0.29, 0.717) is 28.8 Å². The summed E-state index contributed by atoms with van der Waals surface area (Å²) in [5.41, 5.74) is 0.916. The van der Waals surface area contributed by atoms with E-state index in [1.165, 1.54) is 12.1 Å². The number of hydrogen-bond acceptors (Lipinski definition) is 3. The van der Waals surface area contributed by atoms with Gasteiger partial charge < -0.3 is 5.32 Å². The van der Waals surface area contributed by atoms with Crippen molar-refractivity contribution in [1.82, 2.24) is 9.97 Å². The molecule has 0 saturated heterocycles. The Morgan fingerprint density at radius 2 is 1.80 bits per heavy atom. The van der Waals surface area contributed by atoms with Gasteiger partial charge in [-0.25, -0.2) is 18.7 Å². The van der Waals surface area contributed by atoms with Gasteiger partial charge in [0.05, 0.1) is 0 Å². The SMILES string of the molecule is CCCc1nc(Cl)c(C)c(Nc2cc(F)cc(F)c2)n1. The third-order valence-electron chi connectivity index (χ3n) is 2.73. The van der Waals surface area contributed by atoms with Crippen molar-refractivity contribution in [2.24, 2.45) is 0 Å². The van der Waals surface area contributed by atoms with Crippen LogP contribution in [0.15, 0.2) is 18.2 Å². The number of aromatic nitrogens is 2. The van der Waals surface area contributed by atoms with Crippen molar-refractivity contribution in [2.75, 3.05) is 5.32 Å². The van der Waals surface area contributed by atoms with Gasteiger partial charge in [0, 0.05) is 23.7 Å². The Morgan fingerprint density at radius 3 is 2.40 bits per heavy atom. The second-order valence-corrected chi connectivity index (χ2v) is 4.80. The number of anilines is 2. The minimum atomic E-state index is -0.654. The van der Waals surface area contributed by atoms with Crippen molar-refractivity contribution >= 4 is 23.1 Å². The fourth-order valence-corrected chi connectivity index (χ4v) is 1.94. The van der Waals surface area contributed by atoms with E-state index < -0.39 is 11.6 Å². The first-order chi connectivity index (χ1) is 9.49. The molecule has 2 rings (SSSR count). The average molecular weight is 298 g/mol. The number of aryl methyl sites for hydroxylation is 1. The summed E-state index contributed by atoms with van der Waals surface area (Å²) < 4.78 is 26.3. The molecule has 0 atom stereocenters. The summed E-state index contributed by atoms with van der Waals surface area (Å²) >= 11 is 6.04. The molecule has 0 amide bonds. The van der Waals surface area contributed by atoms with Crippen LogP contribution in [-0.2, 0) is 6.42 Å². The first-order valence-electron chi connectivity index (χ1n) is 6.25. The average Bonchev–Trinajstić information content (AvgIpc) is 2.34. The molecule has 106 valence electrons. The third kappa shape index (κ3) is 3.42. The minimum Gasteiger partial charge on any atom is -0.340 e. The zero-order chi connectivity index (χ0) is 14.7. The molecule has 0 saturated carbocycles. The molecule has 0 fully saturated rings. The lowest BCUT2D eigenvalue weighted by atomic mass is 10.2. The summed E-state index contributed by atoms with van der Waals surface area (Å²) in [5.74, 6) is -0.251. The molecule has 0 unspecified atom stereocenters. The van der Waals surface area contributed by atoms with Crippen molar-refractivity contribution in [2.45, 2.75) is 26.7 Å². The molecule has 1 N–H and O–H groups in total. The maximum absolute atomic E-state index is 13.2. The maximum Gasteiger partial charge on any atom is 0.138 e. The molecule has 3 nitrogen and oxygen atoms in total. The second kappa shape index (κ2) is 6.13. The fraction of sp³-hybridized carbons (Fsp3) is 0.286. The topological polar surface area (TPSA) is 37.8 Å². The summed E-state index contributed by atoms with van der Waals surface area (Å²) in [6.07, 6.45) is 1.57. The Balaban J connectivity index is 2.36. The van der Waals surface area contributed by atoms with Crippen LogP contribution in [0.1, 0.15) is 24.7 Å². The summed E-state index contributed by atoms with van der Waals surface area (Å²) in [6.45, 7) is 3.75. The van der Waals surface area contributed by atoms with E-state index in [0.717, 1.165) is 12.5 Å². The van der Waals surface area contributed by atoms with E-state index in [9.17, 15) is 8.78 Å². The molecular formula is C14H14ClF2N3. The molecule has 2 aromatic rings. The number of nitrogens with zero attached hydrogens (tertiary/aromatic N) is 2. The van der Waals surface area contributed by atoms with E-state index in [-0.39, 0.29) is 5.69 Å². The number of hydrogen-bond donors (Lipinski definition) is 1. The Kier molecular flexibility index (Phi) is 4.49. The van der Waals surface area contributed by atoms with Crippen LogP contribution >= 0.6 is 11.6 Å². The van der Waals surface area contributed by atoms with Crippen molar-refractivity contribution in [3.8, 4) is 0 Å². The van der Waals surface area contributed by atoms with Crippen molar-refractivity contribution in [1.29, 1.82) is 0 Å².